The molecule has 0 N–H and O–H groups in total. The van der Waals surface area contributed by atoms with Gasteiger partial charge >= 0.3 is 5.97 Å². The van der Waals surface area contributed by atoms with E-state index in [1.807, 2.05) is 34.6 Å². The van der Waals surface area contributed by atoms with Crippen molar-refractivity contribution in [3.8, 4) is 0 Å². The van der Waals surface area contributed by atoms with E-state index in [1.54, 1.807) is 0 Å². The molecule has 1 heterocycles. The minimum atomic E-state index is -0.192. The Bertz CT molecular complexity index is 589. The van der Waals surface area contributed by atoms with E-state index in [4.69, 9.17) is 9.26 Å². The van der Waals surface area contributed by atoms with Crippen LogP contribution in [0.25, 0.3) is 0 Å². The van der Waals surface area contributed by atoms with Crippen LogP contribution in [0, 0.1) is 17.3 Å². The van der Waals surface area contributed by atoms with Crippen molar-refractivity contribution in [3.63, 3.8) is 0 Å². The van der Waals surface area contributed by atoms with Gasteiger partial charge in [0.15, 0.2) is 12.4 Å². The molecule has 1 aliphatic carbocycles. The van der Waals surface area contributed by atoms with E-state index in [0.717, 1.165) is 0 Å². The van der Waals surface area contributed by atoms with Crippen molar-refractivity contribution in [2.24, 2.45) is 17.3 Å². The van der Waals surface area contributed by atoms with Crippen LogP contribution in [0.5, 0.6) is 0 Å². The predicted octanol–water partition coefficient (Wildman–Crippen LogP) is 3.65. The highest BCUT2D eigenvalue weighted by Crippen LogP contribution is 2.59. The van der Waals surface area contributed by atoms with Gasteiger partial charge in [-0.05, 0) is 25.2 Å². The zero-order valence-corrected chi connectivity index (χ0v) is 14.6. The number of aromatic nitrogens is 2. The molecule has 0 spiro atoms. The molecule has 0 unspecified atom stereocenters. The zero-order valence-electron chi connectivity index (χ0n) is 14.6. The predicted molar refractivity (Wildman–Crippen MR) is 83.0 cm³/mol. The maximum absolute atomic E-state index is 12.2. The first-order valence-corrected chi connectivity index (χ1v) is 7.68. The van der Waals surface area contributed by atoms with Gasteiger partial charge in [0.1, 0.15) is 0 Å². The molecule has 2 rings (SSSR count). The van der Waals surface area contributed by atoms with Gasteiger partial charge in [0, 0.05) is 5.41 Å². The number of hydrogen-bond donors (Lipinski definition) is 0. The van der Waals surface area contributed by atoms with Crippen LogP contribution in [0.2, 0.25) is 0 Å². The number of rotatable bonds is 4. The van der Waals surface area contributed by atoms with Crippen molar-refractivity contribution in [1.29, 1.82) is 0 Å². The van der Waals surface area contributed by atoms with E-state index < -0.39 is 0 Å². The third-order valence-electron chi connectivity index (χ3n) is 4.15. The van der Waals surface area contributed by atoms with E-state index in [-0.39, 0.29) is 35.2 Å². The summed E-state index contributed by atoms with van der Waals surface area (Å²) in [5.74, 6) is 0.927. The van der Waals surface area contributed by atoms with Crippen LogP contribution in [0.4, 0.5) is 0 Å². The van der Waals surface area contributed by atoms with Gasteiger partial charge in [0.25, 0.3) is 5.89 Å². The summed E-state index contributed by atoms with van der Waals surface area (Å²) >= 11 is 0. The van der Waals surface area contributed by atoms with Gasteiger partial charge in [-0.15, -0.1) is 0 Å². The Morgan fingerprint density at radius 2 is 2.00 bits per heavy atom. The summed E-state index contributed by atoms with van der Waals surface area (Å²) in [6.07, 6.45) is 2.15. The Morgan fingerprint density at radius 3 is 2.50 bits per heavy atom. The van der Waals surface area contributed by atoms with Crippen molar-refractivity contribution in [2.45, 2.75) is 60.5 Å². The lowest BCUT2D eigenvalue weighted by Gasteiger charge is -2.10. The third kappa shape index (κ3) is 3.39. The summed E-state index contributed by atoms with van der Waals surface area (Å²) in [5, 5.41) is 3.92. The monoisotopic (exact) mass is 306 g/mol. The van der Waals surface area contributed by atoms with Crippen LogP contribution in [0.15, 0.2) is 16.2 Å². The second-order valence-corrected chi connectivity index (χ2v) is 7.94. The standard InChI is InChI=1S/C17H26N2O3/c1-10(2)8-11-13(17(11,6)7)14(20)21-9-12-18-15(19-22-12)16(3,4)5/h8,11,13H,9H2,1-7H3/t11-,13-/m1/s1. The number of carbonyl (C=O) groups excluding carboxylic acids is 1. The molecule has 1 fully saturated rings. The Kier molecular flexibility index (Phi) is 4.20. The van der Waals surface area contributed by atoms with Crippen LogP contribution in [0.1, 0.15) is 60.2 Å². The van der Waals surface area contributed by atoms with E-state index in [1.165, 1.54) is 5.57 Å². The number of carbonyl (C=O) groups is 1. The average Bonchev–Trinajstić information content (AvgIpc) is 2.77. The van der Waals surface area contributed by atoms with Crippen LogP contribution in [-0.2, 0) is 21.6 Å². The van der Waals surface area contributed by atoms with Gasteiger partial charge in [-0.1, -0.05) is 51.4 Å². The SMILES string of the molecule is CC(C)=C[C@@H]1[C@H](C(=O)OCc2nc(C(C)(C)C)no2)C1(C)C. The molecule has 1 aromatic heterocycles. The lowest BCUT2D eigenvalue weighted by molar-refractivity contribution is -0.148. The van der Waals surface area contributed by atoms with Crippen molar-refractivity contribution in [1.82, 2.24) is 10.1 Å². The molecule has 0 aromatic carbocycles. The smallest absolute Gasteiger partial charge is 0.310 e. The molecule has 0 saturated heterocycles. The molecule has 122 valence electrons. The number of ether oxygens (including phenoxy) is 1. The first-order valence-electron chi connectivity index (χ1n) is 7.68. The van der Waals surface area contributed by atoms with Crippen molar-refractivity contribution >= 4 is 5.97 Å². The van der Waals surface area contributed by atoms with Crippen molar-refractivity contribution < 1.29 is 14.1 Å². The van der Waals surface area contributed by atoms with Crippen LogP contribution >= 0.6 is 0 Å². The Hall–Kier alpha value is -1.65. The van der Waals surface area contributed by atoms with Crippen LogP contribution < -0.4 is 0 Å². The highest BCUT2D eigenvalue weighted by atomic mass is 16.6. The summed E-state index contributed by atoms with van der Waals surface area (Å²) < 4.78 is 10.5. The minimum absolute atomic E-state index is 0.0377. The van der Waals surface area contributed by atoms with Gasteiger partial charge in [-0.25, -0.2) is 0 Å². The molecule has 2 atom stereocenters. The fourth-order valence-electron chi connectivity index (χ4n) is 2.64. The molecule has 1 aliphatic rings. The van der Waals surface area contributed by atoms with Gasteiger partial charge in [-0.2, -0.15) is 4.98 Å². The molecule has 1 aromatic rings. The third-order valence-corrected chi connectivity index (χ3v) is 4.15. The number of allylic oxidation sites excluding steroid dienone is 2. The van der Waals surface area contributed by atoms with Gasteiger partial charge in [0.2, 0.25) is 0 Å². The van der Waals surface area contributed by atoms with E-state index in [0.29, 0.717) is 11.7 Å². The van der Waals surface area contributed by atoms with E-state index >= 15 is 0 Å². The Morgan fingerprint density at radius 1 is 1.36 bits per heavy atom. The molecular weight excluding hydrogens is 280 g/mol. The number of hydrogen-bond acceptors (Lipinski definition) is 5. The zero-order chi connectivity index (χ0) is 16.7. The summed E-state index contributed by atoms with van der Waals surface area (Å²) in [5.41, 5.74) is 0.999. The van der Waals surface area contributed by atoms with Gasteiger partial charge in [0.05, 0.1) is 5.92 Å². The molecule has 5 nitrogen and oxygen atoms in total. The van der Waals surface area contributed by atoms with Gasteiger partial charge < -0.3 is 9.26 Å². The van der Waals surface area contributed by atoms with Crippen molar-refractivity contribution in [3.05, 3.63) is 23.4 Å². The molecule has 0 radical (unpaired) electrons. The fourth-order valence-corrected chi connectivity index (χ4v) is 2.64. The van der Waals surface area contributed by atoms with Crippen molar-refractivity contribution in [2.75, 3.05) is 0 Å². The van der Waals surface area contributed by atoms with E-state index in [9.17, 15) is 4.79 Å². The Balaban J connectivity index is 1.94. The first kappa shape index (κ1) is 16.7. The molecule has 0 amide bonds. The van der Waals surface area contributed by atoms with Crippen LogP contribution in [0.3, 0.4) is 0 Å². The molecule has 5 heteroatoms. The maximum Gasteiger partial charge on any atom is 0.310 e. The van der Waals surface area contributed by atoms with E-state index in [2.05, 4.69) is 30.1 Å². The molecule has 0 aliphatic heterocycles. The molecule has 0 bridgehead atoms. The lowest BCUT2D eigenvalue weighted by Crippen LogP contribution is -2.14. The topological polar surface area (TPSA) is 65.2 Å². The first-order chi connectivity index (χ1) is 10.0. The lowest BCUT2D eigenvalue weighted by atomic mass is 9.96. The second-order valence-electron chi connectivity index (χ2n) is 7.94. The van der Waals surface area contributed by atoms with Crippen LogP contribution in [-0.4, -0.2) is 16.1 Å². The second kappa shape index (κ2) is 5.52. The molecule has 1 saturated carbocycles. The average molecular weight is 306 g/mol. The Labute approximate surface area is 132 Å². The molecule has 22 heavy (non-hydrogen) atoms. The largest absolute Gasteiger partial charge is 0.455 e. The molecular formula is C17H26N2O3. The highest BCUT2D eigenvalue weighted by Gasteiger charge is 2.61. The maximum atomic E-state index is 12.2. The number of nitrogens with zero attached hydrogens (tertiary/aromatic N) is 2. The fraction of sp³-hybridized carbons (Fsp3) is 0.706. The highest BCUT2D eigenvalue weighted by molar-refractivity contribution is 5.78. The summed E-state index contributed by atoms with van der Waals surface area (Å²) in [7, 11) is 0. The number of esters is 1. The normalized spacial score (nSPS) is 23.0. The summed E-state index contributed by atoms with van der Waals surface area (Å²) in [4.78, 5) is 16.5. The summed E-state index contributed by atoms with van der Waals surface area (Å²) in [6.45, 7) is 14.3. The minimum Gasteiger partial charge on any atom is -0.455 e. The summed E-state index contributed by atoms with van der Waals surface area (Å²) in [6, 6.07) is 0. The van der Waals surface area contributed by atoms with Gasteiger partial charge in [-0.3, -0.25) is 4.79 Å². The quantitative estimate of drug-likeness (QED) is 0.627.